The van der Waals surface area contributed by atoms with Gasteiger partial charge in [0, 0.05) is 25.0 Å². The smallest absolute Gasteiger partial charge is 0.292 e. The Kier molecular flexibility index (Phi) is 3.54. The van der Waals surface area contributed by atoms with E-state index in [1.165, 1.54) is 0 Å². The second kappa shape index (κ2) is 5.48. The summed E-state index contributed by atoms with van der Waals surface area (Å²) in [6.07, 6.45) is 6.86. The summed E-state index contributed by atoms with van der Waals surface area (Å²) in [7, 11) is 0. The van der Waals surface area contributed by atoms with E-state index in [1.807, 2.05) is 28.8 Å². The van der Waals surface area contributed by atoms with Crippen LogP contribution in [0.5, 0.6) is 0 Å². The molecule has 20 heavy (non-hydrogen) atoms. The first-order valence-corrected chi connectivity index (χ1v) is 6.96. The quantitative estimate of drug-likeness (QED) is 0.857. The van der Waals surface area contributed by atoms with Crippen LogP contribution in [0.2, 0.25) is 0 Å². The SMILES string of the molecule is Cc1cc(C(=O)N2CCCC[C@H]2Cn2cccn2)on1. The third-order valence-electron chi connectivity index (χ3n) is 3.68. The summed E-state index contributed by atoms with van der Waals surface area (Å²) in [5.74, 6) is 0.261. The highest BCUT2D eigenvalue weighted by molar-refractivity contribution is 5.91. The lowest BCUT2D eigenvalue weighted by Gasteiger charge is -2.35. The molecule has 2 aromatic rings. The lowest BCUT2D eigenvalue weighted by Crippen LogP contribution is -2.45. The Morgan fingerprint density at radius 2 is 2.40 bits per heavy atom. The number of aromatic nitrogens is 3. The van der Waals surface area contributed by atoms with Crippen LogP contribution in [0.3, 0.4) is 0 Å². The van der Waals surface area contributed by atoms with Crippen LogP contribution < -0.4 is 0 Å². The highest BCUT2D eigenvalue weighted by atomic mass is 16.5. The molecule has 1 aliphatic heterocycles. The number of hydrogen-bond acceptors (Lipinski definition) is 4. The molecule has 1 saturated heterocycles. The van der Waals surface area contributed by atoms with E-state index in [0.29, 0.717) is 5.76 Å². The number of carbonyl (C=O) groups is 1. The fraction of sp³-hybridized carbons (Fsp3) is 0.500. The van der Waals surface area contributed by atoms with Crippen molar-refractivity contribution < 1.29 is 9.32 Å². The van der Waals surface area contributed by atoms with Crippen molar-refractivity contribution in [3.8, 4) is 0 Å². The van der Waals surface area contributed by atoms with Gasteiger partial charge in [-0.1, -0.05) is 5.16 Å². The van der Waals surface area contributed by atoms with E-state index in [9.17, 15) is 4.79 Å². The summed E-state index contributed by atoms with van der Waals surface area (Å²) in [6.45, 7) is 3.31. The van der Waals surface area contributed by atoms with Crippen LogP contribution in [0.25, 0.3) is 0 Å². The molecule has 0 aliphatic carbocycles. The van der Waals surface area contributed by atoms with Crippen LogP contribution in [-0.4, -0.2) is 38.3 Å². The largest absolute Gasteiger partial charge is 0.351 e. The maximum atomic E-state index is 12.5. The van der Waals surface area contributed by atoms with Gasteiger partial charge in [0.05, 0.1) is 18.3 Å². The molecule has 2 aromatic heterocycles. The monoisotopic (exact) mass is 274 g/mol. The Morgan fingerprint density at radius 1 is 1.50 bits per heavy atom. The minimum Gasteiger partial charge on any atom is -0.351 e. The first kappa shape index (κ1) is 12.9. The fourth-order valence-corrected chi connectivity index (χ4v) is 2.69. The number of likely N-dealkylation sites (tertiary alicyclic amines) is 1. The maximum absolute atomic E-state index is 12.5. The van der Waals surface area contributed by atoms with E-state index in [1.54, 1.807) is 12.3 Å². The van der Waals surface area contributed by atoms with Gasteiger partial charge in [-0.2, -0.15) is 5.10 Å². The predicted octanol–water partition coefficient (Wildman–Crippen LogP) is 1.87. The van der Waals surface area contributed by atoms with Gasteiger partial charge >= 0.3 is 0 Å². The molecule has 106 valence electrons. The molecule has 1 atom stereocenters. The van der Waals surface area contributed by atoms with Crippen molar-refractivity contribution in [1.82, 2.24) is 19.8 Å². The number of hydrogen-bond donors (Lipinski definition) is 0. The number of nitrogens with zero attached hydrogens (tertiary/aromatic N) is 4. The summed E-state index contributed by atoms with van der Waals surface area (Å²) in [6, 6.07) is 3.76. The average Bonchev–Trinajstić information content (AvgIpc) is 3.10. The minimum absolute atomic E-state index is 0.0672. The lowest BCUT2D eigenvalue weighted by molar-refractivity contribution is 0.0542. The third-order valence-corrected chi connectivity index (χ3v) is 3.68. The maximum Gasteiger partial charge on any atom is 0.292 e. The van der Waals surface area contributed by atoms with Crippen LogP contribution in [0.4, 0.5) is 0 Å². The van der Waals surface area contributed by atoms with Gasteiger partial charge in [0.25, 0.3) is 5.91 Å². The molecular formula is C14H18N4O2. The molecule has 1 aliphatic rings. The van der Waals surface area contributed by atoms with Gasteiger partial charge in [-0.05, 0) is 32.3 Å². The van der Waals surface area contributed by atoms with Crippen molar-refractivity contribution in [2.45, 2.75) is 38.8 Å². The van der Waals surface area contributed by atoms with Crippen LogP contribution in [0.1, 0.15) is 35.5 Å². The Morgan fingerprint density at radius 3 is 3.10 bits per heavy atom. The van der Waals surface area contributed by atoms with Crippen LogP contribution in [-0.2, 0) is 6.54 Å². The van der Waals surface area contributed by atoms with Crippen molar-refractivity contribution in [3.05, 3.63) is 36.0 Å². The number of carbonyl (C=O) groups excluding carboxylic acids is 1. The molecule has 3 rings (SSSR count). The molecule has 1 fully saturated rings. The van der Waals surface area contributed by atoms with E-state index in [4.69, 9.17) is 4.52 Å². The van der Waals surface area contributed by atoms with Crippen molar-refractivity contribution in [2.75, 3.05) is 6.54 Å². The lowest BCUT2D eigenvalue weighted by atomic mass is 10.0. The fourth-order valence-electron chi connectivity index (χ4n) is 2.69. The van der Waals surface area contributed by atoms with E-state index in [0.717, 1.165) is 38.0 Å². The highest BCUT2D eigenvalue weighted by Gasteiger charge is 2.29. The van der Waals surface area contributed by atoms with Gasteiger partial charge in [-0.25, -0.2) is 0 Å². The molecule has 0 unspecified atom stereocenters. The molecule has 3 heterocycles. The number of amides is 1. The molecule has 0 aromatic carbocycles. The van der Waals surface area contributed by atoms with E-state index < -0.39 is 0 Å². The van der Waals surface area contributed by atoms with E-state index in [-0.39, 0.29) is 11.9 Å². The van der Waals surface area contributed by atoms with Crippen molar-refractivity contribution in [3.63, 3.8) is 0 Å². The highest BCUT2D eigenvalue weighted by Crippen LogP contribution is 2.21. The molecule has 6 heteroatoms. The predicted molar refractivity (Wildman–Crippen MR) is 72.1 cm³/mol. The molecule has 0 bridgehead atoms. The molecule has 0 radical (unpaired) electrons. The van der Waals surface area contributed by atoms with Gasteiger partial charge in [0.2, 0.25) is 5.76 Å². The Bertz CT molecular complexity index is 576. The zero-order chi connectivity index (χ0) is 13.9. The molecular weight excluding hydrogens is 256 g/mol. The van der Waals surface area contributed by atoms with E-state index in [2.05, 4.69) is 10.3 Å². The topological polar surface area (TPSA) is 64.2 Å². The Hall–Kier alpha value is -2.11. The zero-order valence-electron chi connectivity index (χ0n) is 11.5. The van der Waals surface area contributed by atoms with E-state index >= 15 is 0 Å². The first-order valence-electron chi connectivity index (χ1n) is 6.96. The first-order chi connectivity index (χ1) is 9.74. The minimum atomic E-state index is -0.0672. The molecule has 0 spiro atoms. The van der Waals surface area contributed by atoms with Crippen molar-refractivity contribution in [2.24, 2.45) is 0 Å². The van der Waals surface area contributed by atoms with Gasteiger partial charge in [-0.3, -0.25) is 9.48 Å². The summed E-state index contributed by atoms with van der Waals surface area (Å²) in [5.41, 5.74) is 0.731. The molecule has 0 saturated carbocycles. The van der Waals surface area contributed by atoms with Crippen molar-refractivity contribution in [1.29, 1.82) is 0 Å². The molecule has 6 nitrogen and oxygen atoms in total. The van der Waals surface area contributed by atoms with Crippen LogP contribution >= 0.6 is 0 Å². The number of rotatable bonds is 3. The standard InChI is InChI=1S/C14H18N4O2/c1-11-9-13(20-16-11)14(19)18-8-3-2-5-12(18)10-17-7-4-6-15-17/h4,6-7,9,12H,2-3,5,8,10H2,1H3/t12-/m0/s1. The van der Waals surface area contributed by atoms with Crippen molar-refractivity contribution >= 4 is 5.91 Å². The van der Waals surface area contributed by atoms with Gasteiger partial charge in [0.1, 0.15) is 0 Å². The zero-order valence-corrected chi connectivity index (χ0v) is 11.5. The van der Waals surface area contributed by atoms with Crippen LogP contribution in [0.15, 0.2) is 29.0 Å². The number of piperidine rings is 1. The van der Waals surface area contributed by atoms with Crippen LogP contribution in [0, 0.1) is 6.92 Å². The molecule has 1 amide bonds. The summed E-state index contributed by atoms with van der Waals surface area (Å²) in [4.78, 5) is 14.4. The second-order valence-electron chi connectivity index (χ2n) is 5.21. The van der Waals surface area contributed by atoms with Gasteiger partial charge in [0.15, 0.2) is 0 Å². The Labute approximate surface area is 117 Å². The second-order valence-corrected chi connectivity index (χ2v) is 5.21. The normalized spacial score (nSPS) is 19.2. The molecule has 0 N–H and O–H groups in total. The third kappa shape index (κ3) is 2.59. The summed E-state index contributed by atoms with van der Waals surface area (Å²) in [5, 5.41) is 8.02. The Balaban J connectivity index is 1.76. The summed E-state index contributed by atoms with van der Waals surface area (Å²) < 4.78 is 6.98. The van der Waals surface area contributed by atoms with Gasteiger partial charge < -0.3 is 9.42 Å². The number of aryl methyl sites for hydroxylation is 1. The van der Waals surface area contributed by atoms with Gasteiger partial charge in [-0.15, -0.1) is 0 Å². The average molecular weight is 274 g/mol. The summed E-state index contributed by atoms with van der Waals surface area (Å²) >= 11 is 0.